The first kappa shape index (κ1) is 54.8. The van der Waals surface area contributed by atoms with Crippen molar-refractivity contribution in [2.24, 2.45) is 0 Å². The molecule has 0 saturated heterocycles. The van der Waals surface area contributed by atoms with Crippen LogP contribution in [0.1, 0.15) is 138 Å². The topological polar surface area (TPSA) is 50.0 Å². The van der Waals surface area contributed by atoms with Gasteiger partial charge in [-0.05, 0) is 239 Å². The number of hydrogen-bond acceptors (Lipinski definition) is 3. The molecule has 0 fully saturated rings. The molecular weight excluding hydrogens is 1470 g/mol. The van der Waals surface area contributed by atoms with E-state index in [-0.39, 0.29) is 87.9 Å². The van der Waals surface area contributed by atoms with Gasteiger partial charge in [-0.25, -0.2) is 0 Å². The van der Waals surface area contributed by atoms with E-state index in [0.717, 1.165) is 111 Å². The second-order valence-corrected chi connectivity index (χ2v) is 36.2. The minimum Gasteiger partial charge on any atom is -0.311 e. The Kier molecular flexibility index (Phi) is 12.2. The van der Waals surface area contributed by atoms with Crippen LogP contribution in [-0.2, 0) is 21.7 Å². The summed E-state index contributed by atoms with van der Waals surface area (Å²) in [6.07, 6.45) is 0. The lowest BCUT2D eigenvalue weighted by atomic mass is 9.33. The fourth-order valence-electron chi connectivity index (χ4n) is 18.6. The molecule has 22 rings (SSSR count). The van der Waals surface area contributed by atoms with Crippen LogP contribution in [0.3, 0.4) is 0 Å². The van der Waals surface area contributed by atoms with Crippen molar-refractivity contribution in [2.75, 3.05) is 9.80 Å². The van der Waals surface area contributed by atoms with E-state index in [1.165, 1.54) is 21.3 Å². The number of fused-ring (bicyclic) bond motifs is 16. The highest BCUT2D eigenvalue weighted by molar-refractivity contribution is 7.00. The minimum atomic E-state index is -0.866. The van der Waals surface area contributed by atoms with E-state index in [4.69, 9.17) is 4.11 Å². The van der Waals surface area contributed by atoms with Crippen molar-refractivity contribution in [3.8, 4) is 62.2 Å². The highest BCUT2D eigenvalue weighted by atomic mass is 15.2. The van der Waals surface area contributed by atoms with Gasteiger partial charge in [0.15, 0.2) is 0 Å². The van der Waals surface area contributed by atoms with Gasteiger partial charge >= 0.3 is 0 Å². The Morgan fingerprint density at radius 3 is 1.08 bits per heavy atom. The monoisotopic (exact) mass is 1580 g/mol. The third-order valence-corrected chi connectivity index (χ3v) is 24.7. The standard InChI is InChI=1S/C113H92BN7/c1-110(2,3)77-42-52-99-90(60-77)91-61-78(111(4,5)6)43-53-100(91)117(99)82-47-50-94-105(65-82)120(84-57-75(71-30-18-14-19-31-71)56-76(58-84)72-32-20-15-21-33-72)107-67-85(119-101-54-44-79(112(7,8)9)62-92(101)93-63-80(113(10,11)12)45-55-102(93)119)68-108-109(107)114(94)95-51-48-83(116-96-37-25-22-34-86(96)87-35-23-26-38-97(87)116)66-106(95)121(108)103-64-81(46-40-74(103)69-115)118-98-39-27-24-36-88(98)89-49-41-73(59-104(89)118)70-28-16-13-17-29-70/h13-68H,1-12H3/i13D,16D,17D,22D,23D,24D,25D,26D,27D,28D,29D,34D,35D,36D,37D,38D,39D,41D,49D,59D. The van der Waals surface area contributed by atoms with E-state index < -0.39 is 139 Å². The zero-order chi connectivity index (χ0) is 99.8. The Morgan fingerprint density at radius 1 is 0.264 bits per heavy atom. The Morgan fingerprint density at radius 2 is 0.636 bits per heavy atom. The van der Waals surface area contributed by atoms with Crippen LogP contribution in [-0.4, -0.2) is 25.0 Å². The molecule has 2 aliphatic heterocycles. The number of hydrogen-bond donors (Lipinski definition) is 0. The van der Waals surface area contributed by atoms with Crippen LogP contribution in [0.15, 0.2) is 339 Å². The van der Waals surface area contributed by atoms with Gasteiger partial charge in [-0.3, -0.25) is 0 Å². The minimum absolute atomic E-state index is 0.00222. The third kappa shape index (κ3) is 11.7. The van der Waals surface area contributed by atoms with Crippen LogP contribution in [0.2, 0.25) is 0 Å². The molecule has 0 spiro atoms. The first-order chi connectivity index (χ1) is 66.8. The van der Waals surface area contributed by atoms with Crippen molar-refractivity contribution < 1.29 is 27.4 Å². The average molecular weight is 1580 g/mol. The predicted molar refractivity (Wildman–Crippen MR) is 514 cm³/mol. The summed E-state index contributed by atoms with van der Waals surface area (Å²) in [5, 5.41) is 15.6. The van der Waals surface area contributed by atoms with Gasteiger partial charge in [0.05, 0.1) is 88.5 Å². The van der Waals surface area contributed by atoms with Crippen LogP contribution in [0.25, 0.3) is 143 Å². The molecule has 0 saturated carbocycles. The first-order valence-corrected chi connectivity index (χ1v) is 41.0. The van der Waals surface area contributed by atoms with Gasteiger partial charge < -0.3 is 28.1 Å². The highest BCUT2D eigenvalue weighted by Crippen LogP contribution is 2.52. The molecule has 7 nitrogen and oxygen atoms in total. The molecule has 0 bridgehead atoms. The van der Waals surface area contributed by atoms with E-state index in [1.807, 2.05) is 47.4 Å². The molecule has 0 unspecified atom stereocenters. The number of aromatic nitrogens is 4. The van der Waals surface area contributed by atoms with Crippen molar-refractivity contribution in [1.82, 2.24) is 18.3 Å². The normalized spacial score (nSPS) is 15.4. The zero-order valence-electron chi connectivity index (χ0n) is 89.0. The second kappa shape index (κ2) is 26.9. The van der Waals surface area contributed by atoms with Gasteiger partial charge in [-0.1, -0.05) is 277 Å². The summed E-state index contributed by atoms with van der Waals surface area (Å²) in [6, 6.07) is 63.8. The second-order valence-electron chi connectivity index (χ2n) is 36.2. The van der Waals surface area contributed by atoms with Crippen LogP contribution in [0.4, 0.5) is 34.1 Å². The van der Waals surface area contributed by atoms with E-state index in [9.17, 15) is 28.6 Å². The summed E-state index contributed by atoms with van der Waals surface area (Å²) >= 11 is 0. The lowest BCUT2D eigenvalue weighted by Crippen LogP contribution is -2.61. The van der Waals surface area contributed by atoms with Crippen LogP contribution in [0, 0.1) is 11.3 Å². The van der Waals surface area contributed by atoms with Gasteiger partial charge in [0.25, 0.3) is 6.71 Å². The molecule has 582 valence electrons. The Balaban J connectivity index is 0.948. The summed E-state index contributed by atoms with van der Waals surface area (Å²) in [4.78, 5) is 4.26. The molecular formula is C113H92BN7. The molecule has 6 heterocycles. The Hall–Kier alpha value is -14.1. The van der Waals surface area contributed by atoms with Gasteiger partial charge in [-0.15, -0.1) is 0 Å². The summed E-state index contributed by atoms with van der Waals surface area (Å²) in [7, 11) is 0. The largest absolute Gasteiger partial charge is 0.311 e. The van der Waals surface area contributed by atoms with Gasteiger partial charge in [-0.2, -0.15) is 5.26 Å². The van der Waals surface area contributed by atoms with Crippen molar-refractivity contribution in [1.29, 1.82) is 5.26 Å². The fraction of sp³-hybridized carbons (Fsp3) is 0.142. The third-order valence-electron chi connectivity index (χ3n) is 24.7. The van der Waals surface area contributed by atoms with E-state index >= 15 is 0 Å². The van der Waals surface area contributed by atoms with Crippen molar-refractivity contribution in [2.45, 2.75) is 105 Å². The Labute approximate surface area is 735 Å². The van der Waals surface area contributed by atoms with Gasteiger partial charge in [0.2, 0.25) is 0 Å². The number of nitrogens with zero attached hydrogens (tertiary/aromatic N) is 7. The maximum Gasteiger partial charge on any atom is 0.252 e. The predicted octanol–water partition coefficient (Wildman–Crippen LogP) is 28.2. The summed E-state index contributed by atoms with van der Waals surface area (Å²) < 4.78 is 199. The average Bonchev–Trinajstić information content (AvgIpc) is 1.63. The van der Waals surface area contributed by atoms with Crippen LogP contribution < -0.4 is 26.2 Å². The first-order valence-electron chi connectivity index (χ1n) is 51.0. The lowest BCUT2D eigenvalue weighted by Gasteiger charge is -2.45. The van der Waals surface area contributed by atoms with E-state index in [2.05, 4.69) is 249 Å². The van der Waals surface area contributed by atoms with Gasteiger partial charge in [0, 0.05) is 88.6 Å². The smallest absolute Gasteiger partial charge is 0.252 e. The molecule has 0 aliphatic carbocycles. The van der Waals surface area contributed by atoms with Gasteiger partial charge in [0.1, 0.15) is 6.07 Å². The van der Waals surface area contributed by atoms with E-state index in [1.54, 1.807) is 18.2 Å². The summed E-state index contributed by atoms with van der Waals surface area (Å²) in [6.45, 7) is 25.6. The molecule has 4 aromatic heterocycles. The lowest BCUT2D eigenvalue weighted by molar-refractivity contribution is 0.590. The van der Waals surface area contributed by atoms with Crippen LogP contribution >= 0.6 is 0 Å². The van der Waals surface area contributed by atoms with E-state index in [0.29, 0.717) is 33.7 Å². The number of benzene rings is 16. The molecule has 0 atom stereocenters. The molecule has 0 radical (unpaired) electrons. The molecule has 8 heteroatoms. The maximum absolute atomic E-state index is 12.6. The number of rotatable bonds is 9. The quantitative estimate of drug-likeness (QED) is 0.135. The summed E-state index contributed by atoms with van der Waals surface area (Å²) in [5.74, 6) is 0. The van der Waals surface area contributed by atoms with Crippen molar-refractivity contribution >= 4 is 144 Å². The SMILES string of the molecule is [2H]c1c([2H])c([2H])c(-c2c([2H])c([2H])c3c4c([2H])c([2H])c([2H])c([2H])c4n(-c4ccc(C#N)c(N5c6cc(-n7c8c([2H])c([2H])c([2H])c([2H])c8c8c([2H])c([2H])c([2H])c([2H])c87)ccc6B6c7ccc(-n8c9ccc(C(C)(C)C)cc9c9cc(C(C)(C)C)ccc98)cc7N(c7cc(-c8ccccc8)cc(-c8ccccc8)c7)c7cc(-n8c9ccc(C(C)(C)C)cc9c9cc(C(C)(C)C)ccc98)cc5c76)c4)c3c2[2H])c([2H])c1[2H]. The molecule has 0 amide bonds. The number of anilines is 6. The molecule has 121 heavy (non-hydrogen) atoms. The highest BCUT2D eigenvalue weighted by Gasteiger charge is 2.46. The Bertz CT molecular complexity index is 8770. The fourth-order valence-corrected chi connectivity index (χ4v) is 18.6. The molecule has 2 aliphatic rings. The molecule has 16 aromatic carbocycles. The summed E-state index contributed by atoms with van der Waals surface area (Å²) in [5.41, 5.74) is 14.9. The van der Waals surface area contributed by atoms with Crippen LogP contribution in [0.5, 0.6) is 0 Å². The number of nitriles is 1. The molecule has 0 N–H and O–H groups in total. The number of para-hydroxylation sites is 3. The van der Waals surface area contributed by atoms with Crippen molar-refractivity contribution in [3.63, 3.8) is 0 Å². The molecule has 20 aromatic rings. The zero-order valence-corrected chi connectivity index (χ0v) is 69.0. The van der Waals surface area contributed by atoms with Crippen molar-refractivity contribution in [3.05, 3.63) is 367 Å². The maximum atomic E-state index is 12.6.